The maximum atomic E-state index is 12.0. The van der Waals surface area contributed by atoms with Crippen molar-refractivity contribution < 1.29 is 9.53 Å². The Hall–Kier alpha value is -0.610. The third kappa shape index (κ3) is 3.19. The predicted molar refractivity (Wildman–Crippen MR) is 62.3 cm³/mol. The van der Waals surface area contributed by atoms with Crippen LogP contribution in [0.1, 0.15) is 25.7 Å². The average Bonchev–Trinajstić information content (AvgIpc) is 2.31. The van der Waals surface area contributed by atoms with Gasteiger partial charge >= 0.3 is 0 Å². The molecule has 16 heavy (non-hydrogen) atoms. The number of hydrogen-bond donors (Lipinski definition) is 0. The Morgan fingerprint density at radius 1 is 1.25 bits per heavy atom. The first-order chi connectivity index (χ1) is 7.75. The largest absolute Gasteiger partial charge is 0.378 e. The van der Waals surface area contributed by atoms with Crippen molar-refractivity contribution in [2.45, 2.75) is 31.8 Å². The van der Waals surface area contributed by atoms with Crippen LogP contribution in [-0.2, 0) is 9.53 Å². The lowest BCUT2D eigenvalue weighted by molar-refractivity contribution is -0.136. The van der Waals surface area contributed by atoms with Crippen LogP contribution in [-0.4, -0.2) is 61.6 Å². The van der Waals surface area contributed by atoms with Gasteiger partial charge in [-0.15, -0.1) is 0 Å². The molecule has 0 aliphatic carbocycles. The van der Waals surface area contributed by atoms with Crippen LogP contribution in [0.15, 0.2) is 0 Å². The molecule has 1 atom stereocenters. The van der Waals surface area contributed by atoms with Crippen molar-refractivity contribution in [3.05, 3.63) is 0 Å². The van der Waals surface area contributed by atoms with Crippen molar-refractivity contribution in [1.82, 2.24) is 9.80 Å². The normalized spacial score (nSPS) is 28.1. The van der Waals surface area contributed by atoms with Gasteiger partial charge in [-0.25, -0.2) is 0 Å². The number of rotatable bonds is 2. The van der Waals surface area contributed by atoms with Gasteiger partial charge in [-0.3, -0.25) is 4.79 Å². The Labute approximate surface area is 97.5 Å². The molecule has 1 unspecified atom stereocenters. The van der Waals surface area contributed by atoms with Crippen LogP contribution >= 0.6 is 0 Å². The zero-order chi connectivity index (χ0) is 11.4. The smallest absolute Gasteiger partial charge is 0.225 e. The van der Waals surface area contributed by atoms with Gasteiger partial charge in [0.05, 0.1) is 12.5 Å². The summed E-state index contributed by atoms with van der Waals surface area (Å²) in [5.74, 6) is 0.278. The third-order valence-corrected chi connectivity index (χ3v) is 3.53. The number of ether oxygens (including phenoxy) is 1. The number of likely N-dealkylation sites (N-methyl/N-ethyl adjacent to an activating group) is 1. The Kier molecular flexibility index (Phi) is 4.18. The van der Waals surface area contributed by atoms with Gasteiger partial charge in [0.2, 0.25) is 5.91 Å². The third-order valence-electron chi connectivity index (χ3n) is 3.53. The standard InChI is InChI=1S/C12H22N2O2/c1-13-5-7-14(8-6-13)12(15)10-11-4-2-3-9-16-11/h11H,2-10H2,1H3. The molecule has 2 fully saturated rings. The highest BCUT2D eigenvalue weighted by Gasteiger charge is 2.23. The van der Waals surface area contributed by atoms with Gasteiger partial charge in [0, 0.05) is 32.8 Å². The number of hydrogen-bond acceptors (Lipinski definition) is 3. The molecule has 2 saturated heterocycles. The number of carbonyl (C=O) groups is 1. The highest BCUT2D eigenvalue weighted by Crippen LogP contribution is 2.17. The van der Waals surface area contributed by atoms with E-state index in [2.05, 4.69) is 11.9 Å². The van der Waals surface area contributed by atoms with Crippen molar-refractivity contribution in [2.24, 2.45) is 0 Å². The summed E-state index contributed by atoms with van der Waals surface area (Å²) in [4.78, 5) is 16.2. The summed E-state index contributed by atoms with van der Waals surface area (Å²) in [6.07, 6.45) is 4.18. The summed E-state index contributed by atoms with van der Waals surface area (Å²) in [5, 5.41) is 0. The van der Waals surface area contributed by atoms with Crippen LogP contribution in [0, 0.1) is 0 Å². The predicted octanol–water partition coefficient (Wildman–Crippen LogP) is 0.720. The summed E-state index contributed by atoms with van der Waals surface area (Å²) in [6, 6.07) is 0. The molecular formula is C12H22N2O2. The fraction of sp³-hybridized carbons (Fsp3) is 0.917. The van der Waals surface area contributed by atoms with E-state index in [0.29, 0.717) is 6.42 Å². The lowest BCUT2D eigenvalue weighted by atomic mass is 10.1. The first-order valence-electron chi connectivity index (χ1n) is 6.33. The molecule has 92 valence electrons. The minimum atomic E-state index is 0.181. The van der Waals surface area contributed by atoms with Gasteiger partial charge < -0.3 is 14.5 Å². The zero-order valence-corrected chi connectivity index (χ0v) is 10.2. The molecule has 1 amide bonds. The van der Waals surface area contributed by atoms with Gasteiger partial charge in [0.25, 0.3) is 0 Å². The van der Waals surface area contributed by atoms with Gasteiger partial charge in [-0.2, -0.15) is 0 Å². The second-order valence-corrected chi connectivity index (χ2v) is 4.88. The van der Waals surface area contributed by atoms with Crippen molar-refractivity contribution in [3.8, 4) is 0 Å². The lowest BCUT2D eigenvalue weighted by Crippen LogP contribution is -2.48. The van der Waals surface area contributed by atoms with Crippen LogP contribution in [0.3, 0.4) is 0 Å². The number of amides is 1. The SMILES string of the molecule is CN1CCN(C(=O)CC2CCCCO2)CC1. The first kappa shape index (κ1) is 11.9. The van der Waals surface area contributed by atoms with E-state index < -0.39 is 0 Å². The Morgan fingerprint density at radius 3 is 2.62 bits per heavy atom. The molecule has 0 spiro atoms. The summed E-state index contributed by atoms with van der Waals surface area (Å²) in [5.41, 5.74) is 0. The number of nitrogens with zero attached hydrogens (tertiary/aromatic N) is 2. The maximum Gasteiger partial charge on any atom is 0.225 e. The molecule has 0 aromatic carbocycles. The minimum absolute atomic E-state index is 0.181. The quantitative estimate of drug-likeness (QED) is 0.695. The van der Waals surface area contributed by atoms with E-state index in [1.54, 1.807) is 0 Å². The van der Waals surface area contributed by atoms with Crippen LogP contribution in [0.5, 0.6) is 0 Å². The van der Waals surface area contributed by atoms with E-state index >= 15 is 0 Å². The molecule has 2 aliphatic heterocycles. The average molecular weight is 226 g/mol. The Morgan fingerprint density at radius 2 is 2.00 bits per heavy atom. The zero-order valence-electron chi connectivity index (χ0n) is 10.2. The second kappa shape index (κ2) is 5.64. The molecule has 4 heteroatoms. The molecular weight excluding hydrogens is 204 g/mol. The Balaban J connectivity index is 1.74. The van der Waals surface area contributed by atoms with E-state index in [1.165, 1.54) is 6.42 Å². The minimum Gasteiger partial charge on any atom is -0.378 e. The van der Waals surface area contributed by atoms with Crippen molar-refractivity contribution in [2.75, 3.05) is 39.8 Å². The number of carbonyl (C=O) groups excluding carboxylic acids is 1. The van der Waals surface area contributed by atoms with Gasteiger partial charge in [-0.05, 0) is 26.3 Å². The maximum absolute atomic E-state index is 12.0. The number of piperazine rings is 1. The lowest BCUT2D eigenvalue weighted by Gasteiger charge is -2.33. The van der Waals surface area contributed by atoms with Crippen LogP contribution in [0.25, 0.3) is 0 Å². The highest BCUT2D eigenvalue weighted by molar-refractivity contribution is 5.76. The molecule has 0 saturated carbocycles. The molecule has 4 nitrogen and oxygen atoms in total. The Bertz CT molecular complexity index is 231. The molecule has 2 rings (SSSR count). The van der Waals surface area contributed by atoms with Crippen molar-refractivity contribution in [3.63, 3.8) is 0 Å². The van der Waals surface area contributed by atoms with Gasteiger partial charge in [0.15, 0.2) is 0 Å². The second-order valence-electron chi connectivity index (χ2n) is 4.88. The molecule has 2 aliphatic rings. The van der Waals surface area contributed by atoms with Crippen molar-refractivity contribution >= 4 is 5.91 Å². The summed E-state index contributed by atoms with van der Waals surface area (Å²) in [6.45, 7) is 4.58. The molecule has 0 radical (unpaired) electrons. The molecule has 2 heterocycles. The summed E-state index contributed by atoms with van der Waals surface area (Å²) < 4.78 is 5.60. The van der Waals surface area contributed by atoms with Gasteiger partial charge in [0.1, 0.15) is 0 Å². The van der Waals surface area contributed by atoms with Crippen LogP contribution in [0.2, 0.25) is 0 Å². The van der Waals surface area contributed by atoms with Crippen LogP contribution < -0.4 is 0 Å². The highest BCUT2D eigenvalue weighted by atomic mass is 16.5. The van der Waals surface area contributed by atoms with E-state index in [1.807, 2.05) is 4.90 Å². The van der Waals surface area contributed by atoms with E-state index in [0.717, 1.165) is 45.6 Å². The fourth-order valence-electron chi connectivity index (χ4n) is 2.35. The first-order valence-corrected chi connectivity index (χ1v) is 6.33. The van der Waals surface area contributed by atoms with Gasteiger partial charge in [-0.1, -0.05) is 0 Å². The summed E-state index contributed by atoms with van der Waals surface area (Å²) in [7, 11) is 2.10. The topological polar surface area (TPSA) is 32.8 Å². The van der Waals surface area contributed by atoms with Crippen LogP contribution in [0.4, 0.5) is 0 Å². The van der Waals surface area contributed by atoms with E-state index in [9.17, 15) is 4.79 Å². The van der Waals surface area contributed by atoms with E-state index in [4.69, 9.17) is 4.74 Å². The molecule has 0 bridgehead atoms. The molecule has 0 aromatic rings. The van der Waals surface area contributed by atoms with E-state index in [-0.39, 0.29) is 12.0 Å². The summed E-state index contributed by atoms with van der Waals surface area (Å²) >= 11 is 0. The van der Waals surface area contributed by atoms with Crippen molar-refractivity contribution in [1.29, 1.82) is 0 Å². The molecule has 0 aromatic heterocycles. The monoisotopic (exact) mass is 226 g/mol. The molecule has 0 N–H and O–H groups in total. The fourth-order valence-corrected chi connectivity index (χ4v) is 2.35.